The Morgan fingerprint density at radius 1 is 1.23 bits per heavy atom. The summed E-state index contributed by atoms with van der Waals surface area (Å²) in [4.78, 5) is 2.05. The van der Waals surface area contributed by atoms with Gasteiger partial charge in [-0.1, -0.05) is 19.1 Å². The SMILES string of the molecule is CCc1nnc(N2CCC(O)(c3ccc(F)cc3)C2)n1CC. The fourth-order valence-electron chi connectivity index (χ4n) is 3.11. The number of rotatable bonds is 4. The summed E-state index contributed by atoms with van der Waals surface area (Å²) in [5.41, 5.74) is -0.223. The van der Waals surface area contributed by atoms with Gasteiger partial charge in [-0.15, -0.1) is 10.2 Å². The molecule has 3 rings (SSSR count). The molecule has 1 aromatic heterocycles. The van der Waals surface area contributed by atoms with Crippen LogP contribution in [0.4, 0.5) is 10.3 Å². The van der Waals surface area contributed by atoms with Gasteiger partial charge < -0.3 is 10.0 Å². The average molecular weight is 304 g/mol. The molecule has 0 aliphatic carbocycles. The minimum atomic E-state index is -0.968. The van der Waals surface area contributed by atoms with E-state index in [2.05, 4.69) is 33.5 Å². The van der Waals surface area contributed by atoms with Gasteiger partial charge in [-0.3, -0.25) is 4.57 Å². The number of hydrogen-bond donors (Lipinski definition) is 1. The van der Waals surface area contributed by atoms with Crippen LogP contribution in [-0.4, -0.2) is 33.0 Å². The van der Waals surface area contributed by atoms with Gasteiger partial charge in [-0.2, -0.15) is 0 Å². The van der Waals surface area contributed by atoms with E-state index in [1.807, 2.05) is 0 Å². The van der Waals surface area contributed by atoms with Crippen molar-refractivity contribution in [1.29, 1.82) is 0 Å². The number of aryl methyl sites for hydroxylation is 1. The molecule has 1 aromatic carbocycles. The number of hydrogen-bond acceptors (Lipinski definition) is 4. The van der Waals surface area contributed by atoms with Gasteiger partial charge in [-0.25, -0.2) is 4.39 Å². The Hall–Kier alpha value is -1.95. The normalized spacial score (nSPS) is 21.5. The van der Waals surface area contributed by atoms with E-state index >= 15 is 0 Å². The zero-order valence-corrected chi connectivity index (χ0v) is 13.0. The largest absolute Gasteiger partial charge is 0.383 e. The number of nitrogens with zero attached hydrogens (tertiary/aromatic N) is 4. The number of β-amino-alcohol motifs (C(OH)–C–C–N with tert-alkyl or cyclic N) is 1. The number of aliphatic hydroxyl groups is 1. The van der Waals surface area contributed by atoms with Crippen molar-refractivity contribution in [2.24, 2.45) is 0 Å². The molecule has 0 saturated carbocycles. The van der Waals surface area contributed by atoms with Crippen molar-refractivity contribution < 1.29 is 9.50 Å². The third-order valence-corrected chi connectivity index (χ3v) is 4.35. The predicted molar refractivity (Wildman–Crippen MR) is 82.2 cm³/mol. The molecule has 0 amide bonds. The van der Waals surface area contributed by atoms with E-state index < -0.39 is 5.60 Å². The van der Waals surface area contributed by atoms with Gasteiger partial charge in [0.2, 0.25) is 5.95 Å². The van der Waals surface area contributed by atoms with Crippen molar-refractivity contribution in [3.05, 3.63) is 41.5 Å². The molecule has 2 aromatic rings. The van der Waals surface area contributed by atoms with Crippen LogP contribution < -0.4 is 4.90 Å². The summed E-state index contributed by atoms with van der Waals surface area (Å²) in [6.07, 6.45) is 1.42. The minimum Gasteiger partial charge on any atom is -0.383 e. The minimum absolute atomic E-state index is 0.291. The summed E-state index contributed by atoms with van der Waals surface area (Å²) < 4.78 is 15.1. The first-order valence-corrected chi connectivity index (χ1v) is 7.73. The molecular weight excluding hydrogens is 283 g/mol. The maximum atomic E-state index is 13.1. The van der Waals surface area contributed by atoms with Crippen LogP contribution in [0, 0.1) is 5.82 Å². The lowest BCUT2D eigenvalue weighted by Gasteiger charge is -2.24. The molecule has 2 heterocycles. The molecule has 1 saturated heterocycles. The summed E-state index contributed by atoms with van der Waals surface area (Å²) in [7, 11) is 0. The van der Waals surface area contributed by atoms with Crippen LogP contribution in [0.25, 0.3) is 0 Å². The van der Waals surface area contributed by atoms with Crippen LogP contribution in [0.5, 0.6) is 0 Å². The Kier molecular flexibility index (Phi) is 3.87. The molecule has 1 unspecified atom stereocenters. The van der Waals surface area contributed by atoms with Gasteiger partial charge >= 0.3 is 0 Å². The number of aromatic nitrogens is 3. The van der Waals surface area contributed by atoms with Gasteiger partial charge in [0.25, 0.3) is 0 Å². The average Bonchev–Trinajstić information content (AvgIpc) is 3.11. The predicted octanol–water partition coefficient (Wildman–Crippen LogP) is 2.10. The van der Waals surface area contributed by atoms with Gasteiger partial charge in [-0.05, 0) is 31.0 Å². The van der Waals surface area contributed by atoms with Crippen molar-refractivity contribution in [1.82, 2.24) is 14.8 Å². The van der Waals surface area contributed by atoms with Gasteiger partial charge in [0.05, 0.1) is 6.54 Å². The molecule has 1 aliphatic heterocycles. The lowest BCUT2D eigenvalue weighted by Crippen LogP contribution is -2.32. The number of benzene rings is 1. The van der Waals surface area contributed by atoms with E-state index in [4.69, 9.17) is 0 Å². The molecule has 1 fully saturated rings. The van der Waals surface area contributed by atoms with E-state index in [9.17, 15) is 9.50 Å². The highest BCUT2D eigenvalue weighted by Gasteiger charge is 2.39. The maximum absolute atomic E-state index is 13.1. The molecular formula is C16H21FN4O. The van der Waals surface area contributed by atoms with Crippen LogP contribution >= 0.6 is 0 Å². The fourth-order valence-corrected chi connectivity index (χ4v) is 3.11. The van der Waals surface area contributed by atoms with Gasteiger partial charge in [0.15, 0.2) is 0 Å². The van der Waals surface area contributed by atoms with Gasteiger partial charge in [0.1, 0.15) is 17.2 Å². The van der Waals surface area contributed by atoms with E-state index in [0.29, 0.717) is 19.5 Å². The highest BCUT2D eigenvalue weighted by molar-refractivity contribution is 5.38. The van der Waals surface area contributed by atoms with E-state index in [1.54, 1.807) is 12.1 Å². The smallest absolute Gasteiger partial charge is 0.227 e. The van der Waals surface area contributed by atoms with Crippen molar-refractivity contribution >= 4 is 5.95 Å². The highest BCUT2D eigenvalue weighted by Crippen LogP contribution is 2.34. The Morgan fingerprint density at radius 3 is 2.59 bits per heavy atom. The molecule has 6 heteroatoms. The Bertz CT molecular complexity index is 655. The van der Waals surface area contributed by atoms with E-state index in [0.717, 1.165) is 30.3 Å². The van der Waals surface area contributed by atoms with Crippen LogP contribution in [0.15, 0.2) is 24.3 Å². The zero-order chi connectivity index (χ0) is 15.7. The lowest BCUT2D eigenvalue weighted by molar-refractivity contribution is 0.0605. The third kappa shape index (κ3) is 2.47. The van der Waals surface area contributed by atoms with Gasteiger partial charge in [0, 0.05) is 19.5 Å². The second kappa shape index (κ2) is 5.68. The molecule has 1 aliphatic rings. The van der Waals surface area contributed by atoms with Crippen molar-refractivity contribution in [3.63, 3.8) is 0 Å². The first-order valence-electron chi connectivity index (χ1n) is 7.73. The van der Waals surface area contributed by atoms with Crippen molar-refractivity contribution in [2.75, 3.05) is 18.0 Å². The highest BCUT2D eigenvalue weighted by atomic mass is 19.1. The fraction of sp³-hybridized carbons (Fsp3) is 0.500. The summed E-state index contributed by atoms with van der Waals surface area (Å²) >= 11 is 0. The molecule has 1 atom stereocenters. The second-order valence-electron chi connectivity index (χ2n) is 5.72. The summed E-state index contributed by atoms with van der Waals surface area (Å²) in [6.45, 7) is 6.07. The molecule has 1 N–H and O–H groups in total. The Morgan fingerprint density at radius 2 is 1.95 bits per heavy atom. The topological polar surface area (TPSA) is 54.2 Å². The van der Waals surface area contributed by atoms with Crippen molar-refractivity contribution in [2.45, 2.75) is 38.8 Å². The standard InChI is InChI=1S/C16H21FN4O/c1-3-14-18-19-15(21(14)4-2)20-10-9-16(22,11-20)12-5-7-13(17)8-6-12/h5-8,22H,3-4,9-11H2,1-2H3. The Labute approximate surface area is 129 Å². The second-order valence-corrected chi connectivity index (χ2v) is 5.72. The van der Waals surface area contributed by atoms with Crippen molar-refractivity contribution in [3.8, 4) is 0 Å². The number of anilines is 1. The number of halogens is 1. The monoisotopic (exact) mass is 304 g/mol. The summed E-state index contributed by atoms with van der Waals surface area (Å²) in [5.74, 6) is 1.47. The molecule has 0 bridgehead atoms. The maximum Gasteiger partial charge on any atom is 0.227 e. The molecule has 118 valence electrons. The summed E-state index contributed by atoms with van der Waals surface area (Å²) in [5, 5.41) is 19.4. The van der Waals surface area contributed by atoms with Crippen LogP contribution in [0.2, 0.25) is 0 Å². The zero-order valence-electron chi connectivity index (χ0n) is 13.0. The van der Waals surface area contributed by atoms with Crippen LogP contribution in [-0.2, 0) is 18.6 Å². The van der Waals surface area contributed by atoms with Crippen LogP contribution in [0.1, 0.15) is 31.7 Å². The lowest BCUT2D eigenvalue weighted by atomic mass is 9.93. The van der Waals surface area contributed by atoms with E-state index in [1.165, 1.54) is 12.1 Å². The van der Waals surface area contributed by atoms with E-state index in [-0.39, 0.29) is 5.82 Å². The third-order valence-electron chi connectivity index (χ3n) is 4.35. The quantitative estimate of drug-likeness (QED) is 0.940. The molecule has 0 radical (unpaired) electrons. The van der Waals surface area contributed by atoms with Crippen LogP contribution in [0.3, 0.4) is 0 Å². The molecule has 0 spiro atoms. The Balaban J connectivity index is 1.85. The first-order chi connectivity index (χ1) is 10.6. The first kappa shape index (κ1) is 15.0. The summed E-state index contributed by atoms with van der Waals surface area (Å²) in [6, 6.07) is 6.08. The molecule has 5 nitrogen and oxygen atoms in total. The molecule has 22 heavy (non-hydrogen) atoms.